The van der Waals surface area contributed by atoms with Crippen molar-refractivity contribution in [3.63, 3.8) is 0 Å². The molecule has 1 amide bonds. The van der Waals surface area contributed by atoms with E-state index in [1.165, 1.54) is 18.2 Å². The van der Waals surface area contributed by atoms with Gasteiger partial charge in [-0.15, -0.1) is 10.2 Å². The molecule has 1 aromatic carbocycles. The van der Waals surface area contributed by atoms with Crippen LogP contribution >= 0.6 is 0 Å². The molecular formula is C21H17FN6O. The number of nitrogens with one attached hydrogen (secondary N) is 1. The summed E-state index contributed by atoms with van der Waals surface area (Å²) in [5.41, 5.74) is 6.85. The van der Waals surface area contributed by atoms with Gasteiger partial charge in [-0.25, -0.2) is 4.39 Å². The number of benzene rings is 1. The zero-order valence-electron chi connectivity index (χ0n) is 15.4. The molecule has 0 radical (unpaired) electrons. The number of carbonyl (C=O) groups excluding carboxylic acids is 1. The van der Waals surface area contributed by atoms with Crippen molar-refractivity contribution in [2.24, 2.45) is 5.73 Å². The SMILES string of the molecule is N#Cc1ccnc(C2(Nc3ccc(-c4cc(C(N)=O)ccc4F)nn3)CCC2)c1. The fourth-order valence-corrected chi connectivity index (χ4v) is 3.40. The van der Waals surface area contributed by atoms with Crippen molar-refractivity contribution in [3.05, 3.63) is 71.3 Å². The normalized spacial score (nSPS) is 14.5. The Bertz CT molecular complexity index is 1120. The minimum absolute atomic E-state index is 0.155. The molecular weight excluding hydrogens is 371 g/mol. The topological polar surface area (TPSA) is 118 Å². The van der Waals surface area contributed by atoms with E-state index in [9.17, 15) is 9.18 Å². The Morgan fingerprint density at radius 3 is 2.62 bits per heavy atom. The maximum absolute atomic E-state index is 14.2. The van der Waals surface area contributed by atoms with E-state index in [1.807, 2.05) is 0 Å². The lowest BCUT2D eigenvalue weighted by molar-refractivity contribution is 0.100. The molecule has 1 aliphatic carbocycles. The Balaban J connectivity index is 1.61. The molecule has 3 aromatic rings. The first-order valence-electron chi connectivity index (χ1n) is 9.09. The third kappa shape index (κ3) is 3.50. The molecule has 7 nitrogen and oxygen atoms in total. The molecule has 29 heavy (non-hydrogen) atoms. The van der Waals surface area contributed by atoms with Gasteiger partial charge in [0.25, 0.3) is 0 Å². The highest BCUT2D eigenvalue weighted by Gasteiger charge is 2.40. The molecule has 0 spiro atoms. The zero-order chi connectivity index (χ0) is 20.4. The Morgan fingerprint density at radius 2 is 2.00 bits per heavy atom. The fraction of sp³-hybridized carbons (Fsp3) is 0.190. The van der Waals surface area contributed by atoms with Gasteiger partial charge in [0, 0.05) is 17.3 Å². The summed E-state index contributed by atoms with van der Waals surface area (Å²) in [4.78, 5) is 15.8. The molecule has 2 heterocycles. The molecule has 4 rings (SSSR count). The van der Waals surface area contributed by atoms with E-state index in [1.54, 1.807) is 30.5 Å². The van der Waals surface area contributed by atoms with E-state index in [4.69, 9.17) is 11.0 Å². The minimum Gasteiger partial charge on any atom is -0.366 e. The van der Waals surface area contributed by atoms with Crippen LogP contribution in [0.2, 0.25) is 0 Å². The summed E-state index contributed by atoms with van der Waals surface area (Å²) in [5.74, 6) is -0.640. The molecule has 144 valence electrons. The van der Waals surface area contributed by atoms with Crippen LogP contribution in [-0.2, 0) is 5.54 Å². The van der Waals surface area contributed by atoms with Gasteiger partial charge < -0.3 is 11.1 Å². The van der Waals surface area contributed by atoms with Crippen molar-refractivity contribution in [1.82, 2.24) is 15.2 Å². The lowest BCUT2D eigenvalue weighted by atomic mass is 9.74. The quantitative estimate of drug-likeness (QED) is 0.693. The predicted octanol–water partition coefficient (Wildman–Crippen LogP) is 3.14. The van der Waals surface area contributed by atoms with Crippen molar-refractivity contribution >= 4 is 11.7 Å². The highest BCUT2D eigenvalue weighted by Crippen LogP contribution is 2.43. The highest BCUT2D eigenvalue weighted by atomic mass is 19.1. The van der Waals surface area contributed by atoms with Crippen LogP contribution in [-0.4, -0.2) is 21.1 Å². The predicted molar refractivity (Wildman–Crippen MR) is 104 cm³/mol. The number of aromatic nitrogens is 3. The van der Waals surface area contributed by atoms with E-state index < -0.39 is 17.3 Å². The number of primary amides is 1. The second-order valence-electron chi connectivity index (χ2n) is 6.96. The van der Waals surface area contributed by atoms with Gasteiger partial charge in [-0.2, -0.15) is 5.26 Å². The molecule has 0 bridgehead atoms. The van der Waals surface area contributed by atoms with Gasteiger partial charge in [-0.1, -0.05) is 0 Å². The van der Waals surface area contributed by atoms with Gasteiger partial charge in [0.2, 0.25) is 5.91 Å². The maximum atomic E-state index is 14.2. The monoisotopic (exact) mass is 388 g/mol. The third-order valence-electron chi connectivity index (χ3n) is 5.15. The van der Waals surface area contributed by atoms with Crippen LogP contribution < -0.4 is 11.1 Å². The highest BCUT2D eigenvalue weighted by molar-refractivity contribution is 5.94. The van der Waals surface area contributed by atoms with Crippen molar-refractivity contribution in [2.45, 2.75) is 24.8 Å². The first-order valence-corrected chi connectivity index (χ1v) is 9.09. The summed E-state index contributed by atoms with van der Waals surface area (Å²) in [6, 6.07) is 12.8. The van der Waals surface area contributed by atoms with Gasteiger partial charge in [-0.05, 0) is 61.7 Å². The summed E-state index contributed by atoms with van der Waals surface area (Å²) in [7, 11) is 0. The molecule has 0 saturated heterocycles. The smallest absolute Gasteiger partial charge is 0.248 e. The van der Waals surface area contributed by atoms with Gasteiger partial charge in [-0.3, -0.25) is 9.78 Å². The van der Waals surface area contributed by atoms with Gasteiger partial charge in [0.05, 0.1) is 28.6 Å². The number of hydrogen-bond acceptors (Lipinski definition) is 6. The number of rotatable bonds is 5. The van der Waals surface area contributed by atoms with Crippen LogP contribution in [0.15, 0.2) is 48.7 Å². The summed E-state index contributed by atoms with van der Waals surface area (Å²) in [6.45, 7) is 0. The van der Waals surface area contributed by atoms with Gasteiger partial charge >= 0.3 is 0 Å². The lowest BCUT2D eigenvalue weighted by Crippen LogP contribution is -2.43. The number of anilines is 1. The number of nitrogens with two attached hydrogens (primary N) is 1. The van der Waals surface area contributed by atoms with E-state index in [-0.39, 0.29) is 11.1 Å². The summed E-state index contributed by atoms with van der Waals surface area (Å²) in [6.07, 6.45) is 4.36. The summed E-state index contributed by atoms with van der Waals surface area (Å²) >= 11 is 0. The van der Waals surface area contributed by atoms with Crippen LogP contribution in [0.1, 0.15) is 40.9 Å². The molecule has 1 aliphatic rings. The molecule has 1 saturated carbocycles. The first kappa shape index (κ1) is 18.5. The molecule has 8 heteroatoms. The summed E-state index contributed by atoms with van der Waals surface area (Å²) in [5, 5.41) is 20.8. The number of pyridine rings is 1. The number of nitriles is 1. The zero-order valence-corrected chi connectivity index (χ0v) is 15.4. The summed E-state index contributed by atoms with van der Waals surface area (Å²) < 4.78 is 14.2. The fourth-order valence-electron chi connectivity index (χ4n) is 3.40. The standard InChI is InChI=1S/C21H17FN6O/c22-16-3-2-14(20(24)29)11-15(16)17-4-5-19(28-27-17)26-21(7-1-8-21)18-10-13(12-23)6-9-25-18/h2-6,9-11H,1,7-8H2,(H2,24,29)(H,26,28). The van der Waals surface area contributed by atoms with Crippen LogP contribution in [0.25, 0.3) is 11.3 Å². The van der Waals surface area contributed by atoms with Gasteiger partial charge in [0.15, 0.2) is 0 Å². The Hall–Kier alpha value is -3.86. The molecule has 0 aliphatic heterocycles. The number of carbonyl (C=O) groups is 1. The van der Waals surface area contributed by atoms with Crippen LogP contribution in [0.4, 0.5) is 10.2 Å². The van der Waals surface area contributed by atoms with Crippen LogP contribution in [0.5, 0.6) is 0 Å². The number of hydrogen-bond donors (Lipinski definition) is 2. The average molecular weight is 388 g/mol. The van der Waals surface area contributed by atoms with Crippen LogP contribution in [0, 0.1) is 17.1 Å². The van der Waals surface area contributed by atoms with E-state index in [0.717, 1.165) is 25.0 Å². The Kier molecular flexibility index (Phi) is 4.64. The minimum atomic E-state index is -0.642. The second-order valence-corrected chi connectivity index (χ2v) is 6.96. The second kappa shape index (κ2) is 7.28. The average Bonchev–Trinajstić information content (AvgIpc) is 2.71. The van der Waals surface area contributed by atoms with E-state index in [0.29, 0.717) is 17.1 Å². The Morgan fingerprint density at radius 1 is 1.17 bits per heavy atom. The first-order chi connectivity index (χ1) is 14.0. The molecule has 3 N–H and O–H groups in total. The van der Waals surface area contributed by atoms with Crippen molar-refractivity contribution < 1.29 is 9.18 Å². The van der Waals surface area contributed by atoms with E-state index >= 15 is 0 Å². The number of nitrogens with zero attached hydrogens (tertiary/aromatic N) is 4. The number of amides is 1. The lowest BCUT2D eigenvalue weighted by Gasteiger charge is -2.42. The van der Waals surface area contributed by atoms with Gasteiger partial charge in [0.1, 0.15) is 11.6 Å². The van der Waals surface area contributed by atoms with Crippen LogP contribution in [0.3, 0.4) is 0 Å². The maximum Gasteiger partial charge on any atom is 0.248 e. The largest absolute Gasteiger partial charge is 0.366 e. The Labute approximate surface area is 166 Å². The van der Waals surface area contributed by atoms with Crippen molar-refractivity contribution in [2.75, 3.05) is 5.32 Å². The van der Waals surface area contributed by atoms with Crippen molar-refractivity contribution in [3.8, 4) is 17.3 Å². The third-order valence-corrected chi connectivity index (χ3v) is 5.15. The molecule has 1 fully saturated rings. The van der Waals surface area contributed by atoms with E-state index in [2.05, 4.69) is 26.6 Å². The molecule has 2 aromatic heterocycles. The molecule has 0 atom stereocenters. The molecule has 0 unspecified atom stereocenters. The number of halogens is 1. The van der Waals surface area contributed by atoms with Crippen molar-refractivity contribution in [1.29, 1.82) is 5.26 Å².